The van der Waals surface area contributed by atoms with Gasteiger partial charge in [-0.15, -0.1) is 0 Å². The molecule has 0 aliphatic rings. The molecule has 2 aromatic carbocycles. The van der Waals surface area contributed by atoms with Crippen molar-refractivity contribution < 1.29 is 9.53 Å². The quantitative estimate of drug-likeness (QED) is 0.360. The van der Waals surface area contributed by atoms with Crippen molar-refractivity contribution in [2.75, 3.05) is 18.5 Å². The van der Waals surface area contributed by atoms with E-state index < -0.39 is 0 Å². The third kappa shape index (κ3) is 6.58. The van der Waals surface area contributed by atoms with E-state index in [1.54, 1.807) is 24.3 Å². The molecule has 0 aliphatic carbocycles. The standard InChI is InChI=1S/C25H30ClN5O2/c1-5-31-18(4)23(17(3)30-31)14-15-27-25(28-21-10-12-22(13-11-21)33-6-2)29-24(32)19-8-7-9-20(26)16-19/h7-13,16H,5-6,14-15H2,1-4H3,(H2,27,28,29,32). The monoisotopic (exact) mass is 467 g/mol. The predicted octanol–water partition coefficient (Wildman–Crippen LogP) is 5.01. The van der Waals surface area contributed by atoms with Crippen LogP contribution in [0.5, 0.6) is 5.75 Å². The maximum atomic E-state index is 12.8. The second-order valence-corrected chi connectivity index (χ2v) is 7.93. The molecule has 3 rings (SSSR count). The molecular weight excluding hydrogens is 438 g/mol. The minimum absolute atomic E-state index is 0.291. The summed E-state index contributed by atoms with van der Waals surface area (Å²) < 4.78 is 7.49. The molecule has 0 spiro atoms. The fraction of sp³-hybridized carbons (Fsp3) is 0.320. The number of carbonyl (C=O) groups excluding carboxylic acids is 1. The lowest BCUT2D eigenvalue weighted by molar-refractivity contribution is 0.0977. The SMILES string of the molecule is CCOc1ccc(NC(=NCCc2c(C)nn(CC)c2C)NC(=O)c2cccc(Cl)c2)cc1. The molecule has 0 aliphatic heterocycles. The van der Waals surface area contributed by atoms with E-state index in [0.29, 0.717) is 29.7 Å². The molecule has 1 heterocycles. The van der Waals surface area contributed by atoms with Gasteiger partial charge in [0.25, 0.3) is 5.91 Å². The average Bonchev–Trinajstić information content (AvgIpc) is 3.08. The fourth-order valence-corrected chi connectivity index (χ4v) is 3.73. The summed E-state index contributed by atoms with van der Waals surface area (Å²) in [5.74, 6) is 0.853. The molecule has 0 bridgehead atoms. The van der Waals surface area contributed by atoms with Crippen LogP contribution in [-0.4, -0.2) is 34.8 Å². The lowest BCUT2D eigenvalue weighted by atomic mass is 10.1. The highest BCUT2D eigenvalue weighted by Gasteiger charge is 2.12. The van der Waals surface area contributed by atoms with Crippen molar-refractivity contribution in [1.29, 1.82) is 0 Å². The number of carbonyl (C=O) groups is 1. The Morgan fingerprint density at radius 1 is 1.15 bits per heavy atom. The molecule has 33 heavy (non-hydrogen) atoms. The van der Waals surface area contributed by atoms with E-state index in [0.717, 1.165) is 35.8 Å². The van der Waals surface area contributed by atoms with E-state index >= 15 is 0 Å². The number of hydrogen-bond acceptors (Lipinski definition) is 4. The summed E-state index contributed by atoms with van der Waals surface area (Å²) in [5, 5.41) is 11.1. The zero-order valence-corrected chi connectivity index (χ0v) is 20.2. The first-order chi connectivity index (χ1) is 15.9. The summed E-state index contributed by atoms with van der Waals surface area (Å²) in [6.45, 7) is 10.0. The van der Waals surface area contributed by atoms with Gasteiger partial charge >= 0.3 is 0 Å². The summed E-state index contributed by atoms with van der Waals surface area (Å²) in [5.41, 5.74) is 4.58. The number of guanidine groups is 1. The van der Waals surface area contributed by atoms with Gasteiger partial charge in [-0.2, -0.15) is 5.10 Å². The van der Waals surface area contributed by atoms with Crippen LogP contribution < -0.4 is 15.4 Å². The number of anilines is 1. The van der Waals surface area contributed by atoms with E-state index in [4.69, 9.17) is 16.3 Å². The Morgan fingerprint density at radius 3 is 2.55 bits per heavy atom. The molecule has 7 nitrogen and oxygen atoms in total. The molecule has 0 saturated heterocycles. The van der Waals surface area contributed by atoms with Gasteiger partial charge < -0.3 is 10.1 Å². The third-order valence-electron chi connectivity index (χ3n) is 5.21. The van der Waals surface area contributed by atoms with Crippen LogP contribution in [0, 0.1) is 13.8 Å². The van der Waals surface area contributed by atoms with Crippen LogP contribution in [0.4, 0.5) is 5.69 Å². The van der Waals surface area contributed by atoms with Gasteiger partial charge in [0.2, 0.25) is 5.96 Å². The first-order valence-corrected chi connectivity index (χ1v) is 11.4. The molecular formula is C25H30ClN5O2. The van der Waals surface area contributed by atoms with E-state index in [1.165, 1.54) is 5.56 Å². The molecule has 0 radical (unpaired) electrons. The number of nitrogens with zero attached hydrogens (tertiary/aromatic N) is 3. The first kappa shape index (κ1) is 24.3. The molecule has 3 aromatic rings. The predicted molar refractivity (Wildman–Crippen MR) is 134 cm³/mol. The number of hydrogen-bond donors (Lipinski definition) is 2. The maximum absolute atomic E-state index is 12.8. The lowest BCUT2D eigenvalue weighted by Gasteiger charge is -2.13. The molecule has 0 atom stereocenters. The normalized spacial score (nSPS) is 11.4. The highest BCUT2D eigenvalue weighted by molar-refractivity contribution is 6.31. The van der Waals surface area contributed by atoms with Gasteiger partial charge in [0.1, 0.15) is 5.75 Å². The number of amides is 1. The summed E-state index contributed by atoms with van der Waals surface area (Å²) in [6, 6.07) is 14.3. The average molecular weight is 468 g/mol. The van der Waals surface area contributed by atoms with E-state index in [9.17, 15) is 4.79 Å². The van der Waals surface area contributed by atoms with Crippen LogP contribution in [0.1, 0.15) is 41.2 Å². The minimum atomic E-state index is -0.291. The summed E-state index contributed by atoms with van der Waals surface area (Å²) in [7, 11) is 0. The number of ether oxygens (including phenoxy) is 1. The Bertz CT molecular complexity index is 1120. The van der Waals surface area contributed by atoms with Crippen LogP contribution >= 0.6 is 11.6 Å². The van der Waals surface area contributed by atoms with Gasteiger partial charge in [-0.3, -0.25) is 19.8 Å². The van der Waals surface area contributed by atoms with Crippen LogP contribution in [0.25, 0.3) is 0 Å². The third-order valence-corrected chi connectivity index (χ3v) is 5.44. The van der Waals surface area contributed by atoms with Crippen LogP contribution in [0.2, 0.25) is 5.02 Å². The molecule has 1 aromatic heterocycles. The number of nitrogens with one attached hydrogen (secondary N) is 2. The number of benzene rings is 2. The van der Waals surface area contributed by atoms with Crippen molar-refractivity contribution in [1.82, 2.24) is 15.1 Å². The molecule has 1 amide bonds. The number of aromatic nitrogens is 2. The molecule has 2 N–H and O–H groups in total. The van der Waals surface area contributed by atoms with Crippen molar-refractivity contribution >= 4 is 29.2 Å². The zero-order chi connectivity index (χ0) is 23.8. The lowest BCUT2D eigenvalue weighted by Crippen LogP contribution is -2.36. The second kappa shape index (κ2) is 11.5. The largest absolute Gasteiger partial charge is 0.494 e. The van der Waals surface area contributed by atoms with Crippen LogP contribution in [0.3, 0.4) is 0 Å². The zero-order valence-electron chi connectivity index (χ0n) is 19.5. The molecule has 8 heteroatoms. The van der Waals surface area contributed by atoms with Crippen molar-refractivity contribution in [3.05, 3.63) is 76.1 Å². The molecule has 174 valence electrons. The van der Waals surface area contributed by atoms with E-state index in [1.807, 2.05) is 42.8 Å². The second-order valence-electron chi connectivity index (χ2n) is 7.49. The fourth-order valence-electron chi connectivity index (χ4n) is 3.54. The van der Waals surface area contributed by atoms with Crippen LogP contribution in [0.15, 0.2) is 53.5 Å². The molecule has 0 fully saturated rings. The van der Waals surface area contributed by atoms with Crippen molar-refractivity contribution in [3.63, 3.8) is 0 Å². The Labute approximate surface area is 199 Å². The van der Waals surface area contributed by atoms with Gasteiger partial charge in [0.15, 0.2) is 0 Å². The van der Waals surface area contributed by atoms with Gasteiger partial charge in [-0.05, 0) is 82.1 Å². The topological polar surface area (TPSA) is 80.5 Å². The van der Waals surface area contributed by atoms with Gasteiger partial charge in [0, 0.05) is 35.1 Å². The van der Waals surface area contributed by atoms with E-state index in [-0.39, 0.29) is 5.91 Å². The van der Waals surface area contributed by atoms with Crippen molar-refractivity contribution in [2.45, 2.75) is 40.7 Å². The number of halogens is 1. The first-order valence-electron chi connectivity index (χ1n) is 11.0. The Balaban J connectivity index is 1.78. The number of aliphatic imine (C=N–C) groups is 1. The Kier molecular flexibility index (Phi) is 8.49. The molecule has 0 unspecified atom stereocenters. The number of aryl methyl sites for hydroxylation is 2. The van der Waals surface area contributed by atoms with Gasteiger partial charge in [-0.25, -0.2) is 0 Å². The summed E-state index contributed by atoms with van der Waals surface area (Å²) in [6.07, 6.45) is 0.721. The highest BCUT2D eigenvalue weighted by atomic mass is 35.5. The summed E-state index contributed by atoms with van der Waals surface area (Å²) >= 11 is 6.05. The smallest absolute Gasteiger partial charge is 0.258 e. The van der Waals surface area contributed by atoms with Crippen molar-refractivity contribution in [2.24, 2.45) is 4.99 Å². The highest BCUT2D eigenvalue weighted by Crippen LogP contribution is 2.17. The molecule has 0 saturated carbocycles. The number of rotatable bonds is 8. The Hall–Kier alpha value is -3.32. The van der Waals surface area contributed by atoms with Crippen molar-refractivity contribution in [3.8, 4) is 5.75 Å². The maximum Gasteiger partial charge on any atom is 0.258 e. The summed E-state index contributed by atoms with van der Waals surface area (Å²) in [4.78, 5) is 17.4. The van der Waals surface area contributed by atoms with Crippen LogP contribution in [-0.2, 0) is 13.0 Å². The minimum Gasteiger partial charge on any atom is -0.494 e. The van der Waals surface area contributed by atoms with E-state index in [2.05, 4.69) is 34.6 Å². The van der Waals surface area contributed by atoms with Gasteiger partial charge in [-0.1, -0.05) is 17.7 Å². The van der Waals surface area contributed by atoms with Gasteiger partial charge in [0.05, 0.1) is 12.3 Å². The Morgan fingerprint density at radius 2 is 1.91 bits per heavy atom.